The molecule has 0 N–H and O–H groups in total. The van der Waals surface area contributed by atoms with Gasteiger partial charge in [0.25, 0.3) is 0 Å². The molecule has 0 aliphatic heterocycles. The fourth-order valence-corrected chi connectivity index (χ4v) is 0.824. The van der Waals surface area contributed by atoms with Crippen molar-refractivity contribution in [3.05, 3.63) is 47.4 Å². The van der Waals surface area contributed by atoms with Gasteiger partial charge in [-0.05, 0) is 10.4 Å². The lowest BCUT2D eigenvalue weighted by Gasteiger charge is -1.83. The van der Waals surface area contributed by atoms with Gasteiger partial charge < -0.3 is 0 Å². The molecule has 78 valence electrons. The Morgan fingerprint density at radius 1 is 1.00 bits per heavy atom. The summed E-state index contributed by atoms with van der Waals surface area (Å²) in [6, 6.07) is 7.96. The summed E-state index contributed by atoms with van der Waals surface area (Å²) in [6.45, 7) is 15.5. The zero-order valence-electron chi connectivity index (χ0n) is 9.88. The molecule has 0 aliphatic carbocycles. The molecule has 14 heavy (non-hydrogen) atoms. The summed E-state index contributed by atoms with van der Waals surface area (Å²) in [7, 11) is 0. The van der Waals surface area contributed by atoms with E-state index >= 15 is 0 Å². The maximum atomic E-state index is 3.86. The molecule has 0 bridgehead atoms. The van der Waals surface area contributed by atoms with E-state index in [-0.39, 0.29) is 0 Å². The number of hydrogen-bond donors (Lipinski definition) is 0. The van der Waals surface area contributed by atoms with E-state index in [9.17, 15) is 0 Å². The van der Waals surface area contributed by atoms with Gasteiger partial charge in [0.15, 0.2) is 0 Å². The average Bonchev–Trinajstić information content (AvgIpc) is 2.28. The van der Waals surface area contributed by atoms with E-state index in [1.54, 1.807) is 6.08 Å². The van der Waals surface area contributed by atoms with Crippen LogP contribution in [0.25, 0.3) is 12.7 Å². The molecule has 0 aromatic heterocycles. The van der Waals surface area contributed by atoms with Gasteiger partial charge in [0, 0.05) is 0 Å². The minimum absolute atomic E-state index is 1.04. The molecule has 0 heteroatoms. The summed E-state index contributed by atoms with van der Waals surface area (Å²) in [5, 5.41) is 2.18. The Balaban J connectivity index is 0. The van der Waals surface area contributed by atoms with Crippen LogP contribution in [0.4, 0.5) is 0 Å². The molecular formula is C14H22. The van der Waals surface area contributed by atoms with Crippen LogP contribution in [-0.2, 0) is 0 Å². The Morgan fingerprint density at radius 3 is 1.93 bits per heavy atom. The van der Waals surface area contributed by atoms with Crippen molar-refractivity contribution in [3.63, 3.8) is 0 Å². The van der Waals surface area contributed by atoms with Gasteiger partial charge in [-0.2, -0.15) is 0 Å². The third-order valence-electron chi connectivity index (χ3n) is 1.35. The normalized spacial score (nSPS) is 9.00. The number of rotatable bonds is 1. The summed E-state index contributed by atoms with van der Waals surface area (Å²) in [4.78, 5) is 0. The van der Waals surface area contributed by atoms with Gasteiger partial charge in [-0.1, -0.05) is 77.3 Å². The molecule has 1 aromatic rings. The zero-order chi connectivity index (χ0) is 11.4. The predicted molar refractivity (Wildman–Crippen MR) is 68.6 cm³/mol. The monoisotopic (exact) mass is 190 g/mol. The fourth-order valence-electron chi connectivity index (χ4n) is 0.824. The zero-order valence-corrected chi connectivity index (χ0v) is 9.88. The molecule has 0 saturated heterocycles. The highest BCUT2D eigenvalue weighted by molar-refractivity contribution is 5.35. The minimum atomic E-state index is 1.04. The lowest BCUT2D eigenvalue weighted by atomic mass is 10.2. The van der Waals surface area contributed by atoms with Gasteiger partial charge in [0.2, 0.25) is 0 Å². The molecule has 0 radical (unpaired) electrons. The highest BCUT2D eigenvalue weighted by Crippen LogP contribution is 1.70. The summed E-state index contributed by atoms with van der Waals surface area (Å²) in [5.74, 6) is 0. The molecule has 0 aliphatic rings. The molecule has 0 fully saturated rings. The van der Waals surface area contributed by atoms with Crippen LogP contribution in [0.5, 0.6) is 0 Å². The van der Waals surface area contributed by atoms with Crippen molar-refractivity contribution in [1.29, 1.82) is 0 Å². The number of hydrogen-bond acceptors (Lipinski definition) is 0. The molecule has 0 spiro atoms. The van der Waals surface area contributed by atoms with Crippen molar-refractivity contribution in [2.45, 2.75) is 27.7 Å². The third-order valence-corrected chi connectivity index (χ3v) is 1.35. The molecule has 0 heterocycles. The van der Waals surface area contributed by atoms with Crippen LogP contribution in [0.15, 0.2) is 36.9 Å². The van der Waals surface area contributed by atoms with Gasteiger partial charge in [-0.3, -0.25) is 0 Å². The summed E-state index contributed by atoms with van der Waals surface area (Å²) in [5.41, 5.74) is 0. The summed E-state index contributed by atoms with van der Waals surface area (Å²) in [6.07, 6.45) is 3.71. The highest BCUT2D eigenvalue weighted by Gasteiger charge is 1.75. The van der Waals surface area contributed by atoms with Gasteiger partial charge in [0.05, 0.1) is 0 Å². The summed E-state index contributed by atoms with van der Waals surface area (Å²) < 4.78 is 0. The Hall–Kier alpha value is -1.30. The second kappa shape index (κ2) is 11.7. The van der Waals surface area contributed by atoms with E-state index in [4.69, 9.17) is 0 Å². The van der Waals surface area contributed by atoms with Crippen LogP contribution < -0.4 is 10.4 Å². The van der Waals surface area contributed by atoms with E-state index in [0.717, 1.165) is 10.4 Å². The van der Waals surface area contributed by atoms with Crippen LogP contribution in [-0.4, -0.2) is 0 Å². The highest BCUT2D eigenvalue weighted by atomic mass is 13.8. The second-order valence-corrected chi connectivity index (χ2v) is 2.10. The van der Waals surface area contributed by atoms with Crippen molar-refractivity contribution < 1.29 is 0 Å². The topological polar surface area (TPSA) is 0 Å². The average molecular weight is 190 g/mol. The lowest BCUT2D eigenvalue weighted by Crippen LogP contribution is -2.21. The Bertz CT molecular complexity index is 320. The largest absolute Gasteiger partial charge is 0.0990 e. The molecule has 0 saturated carbocycles. The first kappa shape index (κ1) is 15.2. The minimum Gasteiger partial charge on any atom is -0.0990 e. The molecular weight excluding hydrogens is 168 g/mol. The van der Waals surface area contributed by atoms with Gasteiger partial charge in [-0.15, -0.1) is 0 Å². The first-order valence-electron chi connectivity index (χ1n) is 5.21. The predicted octanol–water partition coefficient (Wildman–Crippen LogP) is 3.12. The second-order valence-electron chi connectivity index (χ2n) is 2.10. The quantitative estimate of drug-likeness (QED) is 0.638. The maximum absolute atomic E-state index is 3.86. The Labute approximate surface area is 88.3 Å². The molecule has 1 rings (SSSR count). The first-order chi connectivity index (χ1) is 6.84. The summed E-state index contributed by atoms with van der Waals surface area (Å²) >= 11 is 0. The Kier molecular flexibility index (Phi) is 12.7. The molecule has 0 nitrogen and oxygen atoms in total. The van der Waals surface area contributed by atoms with Gasteiger partial charge in [0.1, 0.15) is 0 Å². The number of benzene rings is 1. The molecule has 0 atom stereocenters. The Morgan fingerprint density at radius 2 is 1.50 bits per heavy atom. The van der Waals surface area contributed by atoms with Crippen LogP contribution in [0.1, 0.15) is 27.7 Å². The van der Waals surface area contributed by atoms with Crippen molar-refractivity contribution >= 4 is 12.7 Å². The third kappa shape index (κ3) is 6.24. The molecule has 1 aromatic carbocycles. The lowest BCUT2D eigenvalue weighted by molar-refractivity contribution is 1.50. The van der Waals surface area contributed by atoms with Crippen molar-refractivity contribution in [1.82, 2.24) is 0 Å². The smallest absolute Gasteiger partial charge is 0.0190 e. The van der Waals surface area contributed by atoms with Crippen molar-refractivity contribution in [2.24, 2.45) is 0 Å². The molecule has 0 unspecified atom stereocenters. The van der Waals surface area contributed by atoms with Crippen LogP contribution in [0.3, 0.4) is 0 Å². The number of allylic oxidation sites excluding steroid dienone is 1. The fraction of sp³-hybridized carbons (Fsp3) is 0.286. The van der Waals surface area contributed by atoms with Gasteiger partial charge in [-0.25, -0.2) is 0 Å². The van der Waals surface area contributed by atoms with Crippen LogP contribution in [0, 0.1) is 0 Å². The SMILES string of the molecule is C=C/C=c1/ccccc1=C.CC.CC. The van der Waals surface area contributed by atoms with Crippen molar-refractivity contribution in [2.75, 3.05) is 0 Å². The van der Waals surface area contributed by atoms with Gasteiger partial charge >= 0.3 is 0 Å². The van der Waals surface area contributed by atoms with Crippen LogP contribution in [0.2, 0.25) is 0 Å². The van der Waals surface area contributed by atoms with E-state index in [2.05, 4.69) is 13.2 Å². The first-order valence-corrected chi connectivity index (χ1v) is 5.21. The molecule has 0 amide bonds. The van der Waals surface area contributed by atoms with E-state index in [1.807, 2.05) is 58.0 Å². The van der Waals surface area contributed by atoms with Crippen LogP contribution >= 0.6 is 0 Å². The van der Waals surface area contributed by atoms with E-state index in [0.29, 0.717) is 0 Å². The van der Waals surface area contributed by atoms with Crippen molar-refractivity contribution in [3.8, 4) is 0 Å². The maximum Gasteiger partial charge on any atom is -0.0190 e. The van der Waals surface area contributed by atoms with E-state index in [1.165, 1.54) is 0 Å². The van der Waals surface area contributed by atoms with E-state index < -0.39 is 0 Å². The standard InChI is InChI=1S/C10H10.2C2H6/c1-3-6-10-8-5-4-7-9(10)2;2*1-2/h3-8H,1-2H2;2*1-2H3/b10-6-;;.